The molecule has 6 nitrogen and oxygen atoms in total. The SMILES string of the molecule is Cc1nc(CN2CCOC(c3nccnc3N(C)C)C2)cs1. The maximum absolute atomic E-state index is 5.94. The smallest absolute Gasteiger partial charge is 0.152 e. The van der Waals surface area contributed by atoms with Crippen LogP contribution in [-0.2, 0) is 11.3 Å². The third-order valence-corrected chi connectivity index (χ3v) is 4.46. The van der Waals surface area contributed by atoms with Crippen molar-refractivity contribution in [3.05, 3.63) is 34.2 Å². The van der Waals surface area contributed by atoms with Crippen molar-refractivity contribution in [3.63, 3.8) is 0 Å². The fraction of sp³-hybridized carbons (Fsp3) is 0.533. The normalized spacial score (nSPS) is 19.3. The minimum absolute atomic E-state index is 0.0421. The lowest BCUT2D eigenvalue weighted by Crippen LogP contribution is -2.38. The van der Waals surface area contributed by atoms with E-state index in [2.05, 4.69) is 25.2 Å². The van der Waals surface area contributed by atoms with Crippen molar-refractivity contribution in [2.45, 2.75) is 19.6 Å². The second-order valence-corrected chi connectivity index (χ2v) is 6.67. The number of nitrogens with zero attached hydrogens (tertiary/aromatic N) is 5. The van der Waals surface area contributed by atoms with E-state index >= 15 is 0 Å². The zero-order valence-electron chi connectivity index (χ0n) is 13.2. The summed E-state index contributed by atoms with van der Waals surface area (Å²) in [6.07, 6.45) is 3.41. The molecule has 1 saturated heterocycles. The molecule has 2 aromatic rings. The summed E-state index contributed by atoms with van der Waals surface area (Å²) in [5.74, 6) is 0.874. The van der Waals surface area contributed by atoms with Crippen LogP contribution in [0.1, 0.15) is 22.5 Å². The lowest BCUT2D eigenvalue weighted by molar-refractivity contribution is -0.0351. The predicted octanol–water partition coefficient (Wildman–Crippen LogP) is 1.88. The third kappa shape index (κ3) is 3.43. The van der Waals surface area contributed by atoms with Gasteiger partial charge in [0, 0.05) is 51.5 Å². The van der Waals surface area contributed by atoms with Gasteiger partial charge in [0.25, 0.3) is 0 Å². The summed E-state index contributed by atoms with van der Waals surface area (Å²) >= 11 is 1.70. The standard InChI is InChI=1S/C15H21N5OS/c1-11-18-12(10-22-11)8-20-6-7-21-13(9-20)14-15(19(2)3)17-5-4-16-14/h4-5,10,13H,6-9H2,1-3H3. The van der Waals surface area contributed by atoms with Crippen LogP contribution in [0.15, 0.2) is 17.8 Å². The van der Waals surface area contributed by atoms with E-state index in [-0.39, 0.29) is 6.10 Å². The van der Waals surface area contributed by atoms with E-state index in [0.717, 1.165) is 41.8 Å². The molecule has 118 valence electrons. The summed E-state index contributed by atoms with van der Waals surface area (Å²) in [7, 11) is 3.96. The fourth-order valence-electron chi connectivity index (χ4n) is 2.63. The van der Waals surface area contributed by atoms with Crippen LogP contribution in [0.4, 0.5) is 5.82 Å². The molecular formula is C15H21N5OS. The average molecular weight is 319 g/mol. The first-order valence-corrected chi connectivity index (χ1v) is 8.24. The van der Waals surface area contributed by atoms with Gasteiger partial charge in [0.2, 0.25) is 0 Å². The zero-order chi connectivity index (χ0) is 15.5. The number of rotatable bonds is 4. The Bertz CT molecular complexity index is 630. The molecule has 0 spiro atoms. The topological polar surface area (TPSA) is 54.4 Å². The number of anilines is 1. The Hall–Kier alpha value is -1.57. The van der Waals surface area contributed by atoms with E-state index in [1.807, 2.05) is 25.9 Å². The van der Waals surface area contributed by atoms with Crippen molar-refractivity contribution >= 4 is 17.2 Å². The van der Waals surface area contributed by atoms with Gasteiger partial charge in [-0.1, -0.05) is 0 Å². The molecule has 0 bridgehead atoms. The van der Waals surface area contributed by atoms with Crippen LogP contribution in [0, 0.1) is 6.92 Å². The highest BCUT2D eigenvalue weighted by molar-refractivity contribution is 7.09. The van der Waals surface area contributed by atoms with Gasteiger partial charge in [-0.25, -0.2) is 9.97 Å². The molecule has 7 heteroatoms. The number of morpholine rings is 1. The molecule has 3 heterocycles. The number of thiazole rings is 1. The van der Waals surface area contributed by atoms with Crippen molar-refractivity contribution in [1.82, 2.24) is 19.9 Å². The maximum Gasteiger partial charge on any atom is 0.152 e. The van der Waals surface area contributed by atoms with Gasteiger partial charge in [-0.05, 0) is 6.92 Å². The molecule has 2 aromatic heterocycles. The zero-order valence-corrected chi connectivity index (χ0v) is 14.0. The van der Waals surface area contributed by atoms with Gasteiger partial charge >= 0.3 is 0 Å². The van der Waals surface area contributed by atoms with Gasteiger partial charge in [0.05, 0.1) is 17.3 Å². The van der Waals surface area contributed by atoms with Crippen LogP contribution >= 0.6 is 11.3 Å². The molecule has 0 radical (unpaired) electrons. The van der Waals surface area contributed by atoms with Gasteiger partial charge < -0.3 is 9.64 Å². The van der Waals surface area contributed by atoms with E-state index in [1.54, 1.807) is 23.7 Å². The quantitative estimate of drug-likeness (QED) is 0.858. The van der Waals surface area contributed by atoms with Gasteiger partial charge in [-0.2, -0.15) is 0 Å². The molecule has 0 saturated carbocycles. The molecule has 1 aliphatic rings. The van der Waals surface area contributed by atoms with Gasteiger partial charge in [0.15, 0.2) is 5.82 Å². The first-order valence-electron chi connectivity index (χ1n) is 7.36. The molecule has 1 aliphatic heterocycles. The van der Waals surface area contributed by atoms with Crippen molar-refractivity contribution in [2.24, 2.45) is 0 Å². The highest BCUT2D eigenvalue weighted by Gasteiger charge is 2.26. The van der Waals surface area contributed by atoms with E-state index in [1.165, 1.54) is 0 Å². The van der Waals surface area contributed by atoms with Crippen LogP contribution in [0.2, 0.25) is 0 Å². The minimum Gasteiger partial charge on any atom is -0.369 e. The van der Waals surface area contributed by atoms with Crippen molar-refractivity contribution in [3.8, 4) is 0 Å². The highest BCUT2D eigenvalue weighted by atomic mass is 32.1. The number of hydrogen-bond donors (Lipinski definition) is 0. The van der Waals surface area contributed by atoms with Crippen LogP contribution in [0.5, 0.6) is 0 Å². The number of aryl methyl sites for hydroxylation is 1. The molecule has 1 fully saturated rings. The number of hydrogen-bond acceptors (Lipinski definition) is 7. The lowest BCUT2D eigenvalue weighted by atomic mass is 10.2. The second-order valence-electron chi connectivity index (χ2n) is 5.61. The number of aromatic nitrogens is 3. The summed E-state index contributed by atoms with van der Waals surface area (Å²) in [4.78, 5) is 17.8. The Morgan fingerprint density at radius 3 is 2.91 bits per heavy atom. The molecule has 0 aromatic carbocycles. The average Bonchev–Trinajstić information content (AvgIpc) is 2.92. The largest absolute Gasteiger partial charge is 0.369 e. The summed E-state index contributed by atoms with van der Waals surface area (Å²) < 4.78 is 5.94. The van der Waals surface area contributed by atoms with Crippen molar-refractivity contribution in [2.75, 3.05) is 38.7 Å². The predicted molar refractivity (Wildman–Crippen MR) is 87.2 cm³/mol. The summed E-state index contributed by atoms with van der Waals surface area (Å²) in [5.41, 5.74) is 2.04. The summed E-state index contributed by atoms with van der Waals surface area (Å²) in [5, 5.41) is 3.25. The molecule has 3 rings (SSSR count). The maximum atomic E-state index is 5.94. The van der Waals surface area contributed by atoms with E-state index in [9.17, 15) is 0 Å². The van der Waals surface area contributed by atoms with E-state index in [4.69, 9.17) is 4.74 Å². The van der Waals surface area contributed by atoms with Crippen LogP contribution in [0.25, 0.3) is 0 Å². The Kier molecular flexibility index (Phi) is 4.66. The molecule has 0 amide bonds. The Balaban J connectivity index is 1.73. The molecule has 1 atom stereocenters. The van der Waals surface area contributed by atoms with E-state index in [0.29, 0.717) is 6.61 Å². The van der Waals surface area contributed by atoms with Crippen LogP contribution < -0.4 is 4.90 Å². The highest BCUT2D eigenvalue weighted by Crippen LogP contribution is 2.27. The van der Waals surface area contributed by atoms with Crippen LogP contribution in [0.3, 0.4) is 0 Å². The third-order valence-electron chi connectivity index (χ3n) is 3.64. The van der Waals surface area contributed by atoms with Gasteiger partial charge in [-0.15, -0.1) is 11.3 Å². The molecule has 22 heavy (non-hydrogen) atoms. The Morgan fingerprint density at radius 1 is 1.36 bits per heavy atom. The minimum atomic E-state index is -0.0421. The molecule has 1 unspecified atom stereocenters. The fourth-order valence-corrected chi connectivity index (χ4v) is 3.24. The van der Waals surface area contributed by atoms with E-state index < -0.39 is 0 Å². The monoisotopic (exact) mass is 319 g/mol. The van der Waals surface area contributed by atoms with Gasteiger partial charge in [0.1, 0.15) is 11.8 Å². The van der Waals surface area contributed by atoms with Gasteiger partial charge in [-0.3, -0.25) is 9.88 Å². The Labute approximate surface area is 134 Å². The summed E-state index contributed by atoms with van der Waals surface area (Å²) in [6.45, 7) is 5.35. The lowest BCUT2D eigenvalue weighted by Gasteiger charge is -2.33. The first-order chi connectivity index (χ1) is 10.6. The summed E-state index contributed by atoms with van der Waals surface area (Å²) in [6, 6.07) is 0. The van der Waals surface area contributed by atoms with Crippen molar-refractivity contribution < 1.29 is 4.74 Å². The molecule has 0 N–H and O–H groups in total. The van der Waals surface area contributed by atoms with Crippen molar-refractivity contribution in [1.29, 1.82) is 0 Å². The van der Waals surface area contributed by atoms with Crippen LogP contribution in [-0.4, -0.2) is 53.6 Å². The Morgan fingerprint density at radius 2 is 2.18 bits per heavy atom. The second kappa shape index (κ2) is 6.68. The molecular weight excluding hydrogens is 298 g/mol. The number of ether oxygens (including phenoxy) is 1. The molecule has 0 aliphatic carbocycles. The first kappa shape index (κ1) is 15.3.